The van der Waals surface area contributed by atoms with Gasteiger partial charge in [-0.15, -0.1) is 0 Å². The molecule has 112 valence electrons. The average Bonchev–Trinajstić information content (AvgIpc) is 2.91. The van der Waals surface area contributed by atoms with Crippen molar-refractivity contribution >= 4 is 16.7 Å². The zero-order chi connectivity index (χ0) is 15.1. The van der Waals surface area contributed by atoms with Crippen LogP contribution >= 0.6 is 0 Å². The van der Waals surface area contributed by atoms with Crippen molar-refractivity contribution in [3.63, 3.8) is 0 Å². The van der Waals surface area contributed by atoms with Crippen molar-refractivity contribution in [3.05, 3.63) is 59.2 Å². The van der Waals surface area contributed by atoms with Gasteiger partial charge in [0.05, 0.1) is 0 Å². The molecule has 4 heteroatoms. The predicted octanol–water partition coefficient (Wildman–Crippen LogP) is 3.83. The summed E-state index contributed by atoms with van der Waals surface area (Å²) >= 11 is 0. The fraction of sp³-hybridized carbons (Fsp3) is 0.278. The van der Waals surface area contributed by atoms with Crippen LogP contribution in [0.25, 0.3) is 10.9 Å². The Balaban J connectivity index is 1.72. The minimum Gasteiger partial charge on any atom is -0.358 e. The van der Waals surface area contributed by atoms with Gasteiger partial charge >= 0.3 is 0 Å². The number of nitrogens with zero attached hydrogens (tertiary/aromatic N) is 2. The molecule has 2 aromatic heterocycles. The third-order valence-corrected chi connectivity index (χ3v) is 4.42. The van der Waals surface area contributed by atoms with Crippen LogP contribution in [0.15, 0.2) is 36.4 Å². The lowest BCUT2D eigenvalue weighted by molar-refractivity contribution is 0.629. The highest BCUT2D eigenvalue weighted by atomic mass is 19.1. The molecule has 3 aromatic rings. The summed E-state index contributed by atoms with van der Waals surface area (Å²) in [6.07, 6.45) is 1.88. The van der Waals surface area contributed by atoms with Crippen LogP contribution in [0.2, 0.25) is 0 Å². The van der Waals surface area contributed by atoms with Crippen molar-refractivity contribution in [1.29, 1.82) is 0 Å². The van der Waals surface area contributed by atoms with Crippen molar-refractivity contribution in [2.75, 3.05) is 11.4 Å². The number of nitrogens with one attached hydrogen (secondary N) is 1. The van der Waals surface area contributed by atoms with E-state index in [0.717, 1.165) is 48.3 Å². The van der Waals surface area contributed by atoms with Gasteiger partial charge in [-0.1, -0.05) is 13.0 Å². The summed E-state index contributed by atoms with van der Waals surface area (Å²) in [6.45, 7) is 3.87. The van der Waals surface area contributed by atoms with E-state index < -0.39 is 0 Å². The van der Waals surface area contributed by atoms with Crippen molar-refractivity contribution in [3.8, 4) is 0 Å². The number of benzene rings is 1. The molecule has 1 aliphatic rings. The SMILES string of the molecule is CCc1cccc(N2CCc3[nH]c4cc(F)ccc4c3C2)n1. The summed E-state index contributed by atoms with van der Waals surface area (Å²) in [5, 5.41) is 1.12. The number of rotatable bonds is 2. The number of hydrogen-bond donors (Lipinski definition) is 1. The standard InChI is InChI=1S/C18H18FN3/c1-2-13-4-3-5-18(20-13)22-9-8-16-15(11-22)14-7-6-12(19)10-17(14)21-16/h3-7,10,21H,2,8-9,11H2,1H3. The first-order valence-electron chi connectivity index (χ1n) is 7.74. The number of H-pyrrole nitrogens is 1. The van der Waals surface area contributed by atoms with Crippen LogP contribution in [-0.4, -0.2) is 16.5 Å². The average molecular weight is 295 g/mol. The zero-order valence-electron chi connectivity index (χ0n) is 12.6. The van der Waals surface area contributed by atoms with E-state index in [1.807, 2.05) is 6.07 Å². The van der Waals surface area contributed by atoms with Crippen LogP contribution in [0.3, 0.4) is 0 Å². The maximum absolute atomic E-state index is 13.4. The number of aromatic nitrogens is 2. The summed E-state index contributed by atoms with van der Waals surface area (Å²) in [6, 6.07) is 11.2. The molecular weight excluding hydrogens is 277 g/mol. The fourth-order valence-corrected chi connectivity index (χ4v) is 3.23. The van der Waals surface area contributed by atoms with E-state index in [-0.39, 0.29) is 5.82 Å². The lowest BCUT2D eigenvalue weighted by Gasteiger charge is -2.28. The molecule has 4 rings (SSSR count). The third kappa shape index (κ3) is 2.15. The third-order valence-electron chi connectivity index (χ3n) is 4.42. The minimum absolute atomic E-state index is 0.194. The normalized spacial score (nSPS) is 14.4. The molecule has 3 nitrogen and oxygen atoms in total. The molecule has 22 heavy (non-hydrogen) atoms. The van der Waals surface area contributed by atoms with Crippen molar-refractivity contribution in [1.82, 2.24) is 9.97 Å². The predicted molar refractivity (Wildman–Crippen MR) is 86.6 cm³/mol. The van der Waals surface area contributed by atoms with E-state index in [0.29, 0.717) is 0 Å². The van der Waals surface area contributed by atoms with Crippen LogP contribution in [-0.2, 0) is 19.4 Å². The molecule has 0 atom stereocenters. The van der Waals surface area contributed by atoms with Crippen molar-refractivity contribution < 1.29 is 4.39 Å². The van der Waals surface area contributed by atoms with Crippen LogP contribution < -0.4 is 4.90 Å². The summed E-state index contributed by atoms with van der Waals surface area (Å²) in [4.78, 5) is 10.4. The second-order valence-corrected chi connectivity index (χ2v) is 5.78. The molecule has 0 saturated carbocycles. The Morgan fingerprint density at radius 3 is 3.05 bits per heavy atom. The minimum atomic E-state index is -0.194. The van der Waals surface area contributed by atoms with Gasteiger partial charge in [-0.05, 0) is 36.8 Å². The molecular formula is C18H18FN3. The first-order valence-corrected chi connectivity index (χ1v) is 7.74. The van der Waals surface area contributed by atoms with Gasteiger partial charge in [0.15, 0.2) is 0 Å². The Kier molecular flexibility index (Phi) is 3.10. The fourth-order valence-electron chi connectivity index (χ4n) is 3.23. The molecule has 0 amide bonds. The number of aromatic amines is 1. The Morgan fingerprint density at radius 2 is 2.18 bits per heavy atom. The Hall–Kier alpha value is -2.36. The van der Waals surface area contributed by atoms with Gasteiger partial charge in [-0.25, -0.2) is 9.37 Å². The summed E-state index contributed by atoms with van der Waals surface area (Å²) < 4.78 is 13.4. The van der Waals surface area contributed by atoms with Gasteiger partial charge in [-0.3, -0.25) is 0 Å². The number of pyridine rings is 1. The van der Waals surface area contributed by atoms with E-state index in [4.69, 9.17) is 4.98 Å². The molecule has 0 aliphatic carbocycles. The van der Waals surface area contributed by atoms with Gasteiger partial charge in [0, 0.05) is 47.4 Å². The van der Waals surface area contributed by atoms with Crippen LogP contribution in [0.5, 0.6) is 0 Å². The van der Waals surface area contributed by atoms with Crippen molar-refractivity contribution in [2.45, 2.75) is 26.3 Å². The van der Waals surface area contributed by atoms with Gasteiger partial charge in [0.1, 0.15) is 11.6 Å². The van der Waals surface area contributed by atoms with Gasteiger partial charge in [-0.2, -0.15) is 0 Å². The summed E-state index contributed by atoms with van der Waals surface area (Å²) in [7, 11) is 0. The monoisotopic (exact) mass is 295 g/mol. The molecule has 0 bridgehead atoms. The lowest BCUT2D eigenvalue weighted by Crippen LogP contribution is -2.30. The molecule has 1 N–H and O–H groups in total. The first-order chi connectivity index (χ1) is 10.7. The van der Waals surface area contributed by atoms with Gasteiger partial charge in [0.25, 0.3) is 0 Å². The second kappa shape index (κ2) is 5.13. The molecule has 0 saturated heterocycles. The Labute approximate surface area is 128 Å². The molecule has 0 radical (unpaired) electrons. The van der Waals surface area contributed by atoms with Crippen molar-refractivity contribution in [2.24, 2.45) is 0 Å². The number of hydrogen-bond acceptors (Lipinski definition) is 2. The Morgan fingerprint density at radius 1 is 1.27 bits per heavy atom. The molecule has 3 heterocycles. The topological polar surface area (TPSA) is 31.9 Å². The number of fused-ring (bicyclic) bond motifs is 3. The van der Waals surface area contributed by atoms with E-state index in [1.54, 1.807) is 6.07 Å². The lowest BCUT2D eigenvalue weighted by atomic mass is 10.0. The van der Waals surface area contributed by atoms with Crippen LogP contribution in [0.4, 0.5) is 10.2 Å². The van der Waals surface area contributed by atoms with E-state index in [2.05, 4.69) is 35.0 Å². The molecule has 0 fully saturated rings. The molecule has 0 spiro atoms. The van der Waals surface area contributed by atoms with E-state index in [1.165, 1.54) is 17.3 Å². The molecule has 0 unspecified atom stereocenters. The maximum atomic E-state index is 13.4. The Bertz CT molecular complexity index is 837. The maximum Gasteiger partial charge on any atom is 0.129 e. The second-order valence-electron chi connectivity index (χ2n) is 5.78. The van der Waals surface area contributed by atoms with Crippen LogP contribution in [0, 0.1) is 5.82 Å². The summed E-state index contributed by atoms with van der Waals surface area (Å²) in [5.74, 6) is 0.835. The smallest absolute Gasteiger partial charge is 0.129 e. The molecule has 1 aliphatic heterocycles. The number of aryl methyl sites for hydroxylation is 1. The highest BCUT2D eigenvalue weighted by molar-refractivity contribution is 5.85. The number of halogens is 1. The highest BCUT2D eigenvalue weighted by Crippen LogP contribution is 2.30. The van der Waals surface area contributed by atoms with Gasteiger partial charge < -0.3 is 9.88 Å². The first kappa shape index (κ1) is 13.3. The highest BCUT2D eigenvalue weighted by Gasteiger charge is 2.21. The zero-order valence-corrected chi connectivity index (χ0v) is 12.6. The van der Waals surface area contributed by atoms with E-state index in [9.17, 15) is 4.39 Å². The largest absolute Gasteiger partial charge is 0.358 e. The number of anilines is 1. The van der Waals surface area contributed by atoms with Crippen LogP contribution in [0.1, 0.15) is 23.9 Å². The van der Waals surface area contributed by atoms with E-state index >= 15 is 0 Å². The molecule has 1 aromatic carbocycles. The summed E-state index contributed by atoms with van der Waals surface area (Å²) in [5.41, 5.74) is 4.50. The van der Waals surface area contributed by atoms with Gasteiger partial charge in [0.2, 0.25) is 0 Å². The quantitative estimate of drug-likeness (QED) is 0.779.